The molecule has 0 aliphatic carbocycles. The van der Waals surface area contributed by atoms with Gasteiger partial charge in [0.1, 0.15) is 11.4 Å². The Kier molecular flexibility index (Phi) is 4.94. The van der Waals surface area contributed by atoms with E-state index in [1.165, 1.54) is 0 Å². The van der Waals surface area contributed by atoms with Crippen molar-refractivity contribution in [1.29, 1.82) is 0 Å². The second kappa shape index (κ2) is 7.02. The van der Waals surface area contributed by atoms with Crippen LogP contribution in [0.15, 0.2) is 48.5 Å². The SMILES string of the molecule is CCC(C)N1C(=O)c2ccccc2NC1(C)c1ccc(OC(C)C)cc1. The third kappa shape index (κ3) is 3.16. The summed E-state index contributed by atoms with van der Waals surface area (Å²) in [6.45, 7) is 10.3. The predicted octanol–water partition coefficient (Wildman–Crippen LogP) is 5.01. The van der Waals surface area contributed by atoms with Crippen LogP contribution < -0.4 is 10.1 Å². The van der Waals surface area contributed by atoms with Gasteiger partial charge >= 0.3 is 0 Å². The number of para-hydroxylation sites is 1. The fourth-order valence-electron chi connectivity index (χ4n) is 3.60. The molecular formula is C22H28N2O2. The van der Waals surface area contributed by atoms with Crippen LogP contribution in [0.3, 0.4) is 0 Å². The molecule has 4 nitrogen and oxygen atoms in total. The number of fused-ring (bicyclic) bond motifs is 1. The zero-order valence-electron chi connectivity index (χ0n) is 16.2. The predicted molar refractivity (Wildman–Crippen MR) is 106 cm³/mol. The van der Waals surface area contributed by atoms with Gasteiger partial charge in [-0.05, 0) is 63.9 Å². The third-order valence-corrected chi connectivity index (χ3v) is 5.06. The molecule has 1 amide bonds. The smallest absolute Gasteiger partial charge is 0.258 e. The Hall–Kier alpha value is -2.49. The van der Waals surface area contributed by atoms with Crippen LogP contribution in [0, 0.1) is 0 Å². The summed E-state index contributed by atoms with van der Waals surface area (Å²) < 4.78 is 5.76. The van der Waals surface area contributed by atoms with Gasteiger partial charge in [0.2, 0.25) is 0 Å². The van der Waals surface area contributed by atoms with Gasteiger partial charge in [-0.2, -0.15) is 0 Å². The molecule has 0 fully saturated rings. The quantitative estimate of drug-likeness (QED) is 0.822. The van der Waals surface area contributed by atoms with Crippen molar-refractivity contribution in [2.75, 3.05) is 5.32 Å². The van der Waals surface area contributed by atoms with Gasteiger partial charge in [-0.1, -0.05) is 31.2 Å². The number of anilines is 1. The second-order valence-electron chi connectivity index (χ2n) is 7.37. The van der Waals surface area contributed by atoms with Crippen molar-refractivity contribution in [2.45, 2.75) is 58.8 Å². The van der Waals surface area contributed by atoms with Crippen LogP contribution in [0.2, 0.25) is 0 Å². The molecule has 1 heterocycles. The maximum Gasteiger partial charge on any atom is 0.258 e. The number of nitrogens with one attached hydrogen (secondary N) is 1. The van der Waals surface area contributed by atoms with Gasteiger partial charge in [-0.15, -0.1) is 0 Å². The van der Waals surface area contributed by atoms with E-state index >= 15 is 0 Å². The average Bonchev–Trinajstić information content (AvgIpc) is 2.61. The number of hydrogen-bond donors (Lipinski definition) is 1. The molecule has 0 saturated heterocycles. The first-order valence-corrected chi connectivity index (χ1v) is 9.35. The highest BCUT2D eigenvalue weighted by Crippen LogP contribution is 2.39. The normalized spacial score (nSPS) is 20.5. The van der Waals surface area contributed by atoms with E-state index < -0.39 is 5.66 Å². The summed E-state index contributed by atoms with van der Waals surface area (Å²) in [5.41, 5.74) is 2.03. The monoisotopic (exact) mass is 352 g/mol. The van der Waals surface area contributed by atoms with Gasteiger partial charge in [0.25, 0.3) is 5.91 Å². The molecule has 26 heavy (non-hydrogen) atoms. The molecule has 2 atom stereocenters. The van der Waals surface area contributed by atoms with Crippen molar-refractivity contribution in [2.24, 2.45) is 0 Å². The van der Waals surface area contributed by atoms with Crippen LogP contribution >= 0.6 is 0 Å². The lowest BCUT2D eigenvalue weighted by molar-refractivity contribution is 0.0399. The van der Waals surface area contributed by atoms with E-state index in [1.807, 2.05) is 67.3 Å². The summed E-state index contributed by atoms with van der Waals surface area (Å²) in [7, 11) is 0. The molecule has 0 spiro atoms. The Balaban J connectivity index is 2.05. The summed E-state index contributed by atoms with van der Waals surface area (Å²) in [4.78, 5) is 15.2. The minimum absolute atomic E-state index is 0.0682. The Morgan fingerprint density at radius 1 is 1.08 bits per heavy atom. The van der Waals surface area contributed by atoms with Crippen molar-refractivity contribution < 1.29 is 9.53 Å². The lowest BCUT2D eigenvalue weighted by atomic mass is 9.91. The van der Waals surface area contributed by atoms with E-state index in [2.05, 4.69) is 26.1 Å². The van der Waals surface area contributed by atoms with Gasteiger partial charge in [-0.3, -0.25) is 4.79 Å². The number of carbonyl (C=O) groups is 1. The van der Waals surface area contributed by atoms with Crippen molar-refractivity contribution in [3.63, 3.8) is 0 Å². The van der Waals surface area contributed by atoms with Gasteiger partial charge < -0.3 is 15.0 Å². The van der Waals surface area contributed by atoms with Gasteiger partial charge in [-0.25, -0.2) is 0 Å². The summed E-state index contributed by atoms with van der Waals surface area (Å²) >= 11 is 0. The fourth-order valence-corrected chi connectivity index (χ4v) is 3.60. The highest BCUT2D eigenvalue weighted by molar-refractivity contribution is 6.02. The summed E-state index contributed by atoms with van der Waals surface area (Å²) in [6.07, 6.45) is 1.02. The summed E-state index contributed by atoms with van der Waals surface area (Å²) in [5, 5.41) is 3.61. The van der Waals surface area contributed by atoms with Crippen LogP contribution in [0.4, 0.5) is 5.69 Å². The topological polar surface area (TPSA) is 41.6 Å². The van der Waals surface area contributed by atoms with Crippen LogP contribution in [0.1, 0.15) is 57.0 Å². The molecule has 1 N–H and O–H groups in total. The zero-order chi connectivity index (χ0) is 18.9. The highest BCUT2D eigenvalue weighted by atomic mass is 16.5. The molecule has 1 aliphatic rings. The van der Waals surface area contributed by atoms with Crippen LogP contribution in [0.5, 0.6) is 5.75 Å². The van der Waals surface area contributed by atoms with E-state index in [4.69, 9.17) is 4.74 Å². The number of ether oxygens (including phenoxy) is 1. The number of amides is 1. The van der Waals surface area contributed by atoms with Crippen molar-refractivity contribution >= 4 is 11.6 Å². The van der Waals surface area contributed by atoms with E-state index in [-0.39, 0.29) is 18.1 Å². The Morgan fingerprint density at radius 2 is 1.73 bits per heavy atom. The van der Waals surface area contributed by atoms with E-state index in [0.29, 0.717) is 0 Å². The molecule has 1 aliphatic heterocycles. The van der Waals surface area contributed by atoms with E-state index in [1.54, 1.807) is 0 Å². The Morgan fingerprint density at radius 3 is 2.35 bits per heavy atom. The van der Waals surface area contributed by atoms with Crippen LogP contribution in [-0.2, 0) is 5.66 Å². The van der Waals surface area contributed by atoms with Gasteiger partial charge in [0.05, 0.1) is 11.7 Å². The highest BCUT2D eigenvalue weighted by Gasteiger charge is 2.44. The minimum atomic E-state index is -0.614. The lowest BCUT2D eigenvalue weighted by Gasteiger charge is -2.49. The first-order valence-electron chi connectivity index (χ1n) is 9.35. The number of rotatable bonds is 5. The second-order valence-corrected chi connectivity index (χ2v) is 7.37. The molecule has 0 bridgehead atoms. The van der Waals surface area contributed by atoms with Crippen molar-refractivity contribution in [1.82, 2.24) is 4.90 Å². The molecule has 0 aromatic heterocycles. The molecule has 138 valence electrons. The van der Waals surface area contributed by atoms with Crippen molar-refractivity contribution in [3.8, 4) is 5.75 Å². The third-order valence-electron chi connectivity index (χ3n) is 5.06. The largest absolute Gasteiger partial charge is 0.491 e. The molecule has 0 radical (unpaired) electrons. The van der Waals surface area contributed by atoms with Gasteiger partial charge in [0.15, 0.2) is 0 Å². The summed E-state index contributed by atoms with van der Waals surface area (Å²) in [5.74, 6) is 0.906. The van der Waals surface area contributed by atoms with Crippen LogP contribution in [0.25, 0.3) is 0 Å². The number of carbonyl (C=O) groups excluding carboxylic acids is 1. The first-order chi connectivity index (χ1) is 12.4. The molecular weight excluding hydrogens is 324 g/mol. The molecule has 2 unspecified atom stereocenters. The molecule has 2 aromatic rings. The van der Waals surface area contributed by atoms with Crippen molar-refractivity contribution in [3.05, 3.63) is 59.7 Å². The average molecular weight is 352 g/mol. The zero-order valence-corrected chi connectivity index (χ0v) is 16.2. The minimum Gasteiger partial charge on any atom is -0.491 e. The lowest BCUT2D eigenvalue weighted by Crippen LogP contribution is -2.58. The maximum atomic E-state index is 13.3. The number of nitrogens with zero attached hydrogens (tertiary/aromatic N) is 1. The van der Waals surface area contributed by atoms with E-state index in [0.717, 1.165) is 29.0 Å². The Labute approximate surface area is 156 Å². The summed E-state index contributed by atoms with van der Waals surface area (Å²) in [6, 6.07) is 15.9. The maximum absolute atomic E-state index is 13.3. The van der Waals surface area contributed by atoms with E-state index in [9.17, 15) is 4.79 Å². The van der Waals surface area contributed by atoms with Gasteiger partial charge in [0, 0.05) is 11.7 Å². The molecule has 2 aromatic carbocycles. The number of hydrogen-bond acceptors (Lipinski definition) is 3. The van der Waals surface area contributed by atoms with Crippen LogP contribution in [-0.4, -0.2) is 23.0 Å². The molecule has 4 heteroatoms. The number of benzene rings is 2. The standard InChI is InChI=1S/C22H28N2O2/c1-6-16(4)24-21(25)19-9-7-8-10-20(19)23-22(24,5)17-11-13-18(14-12-17)26-15(2)3/h7-16,23H,6H2,1-5H3. The fraction of sp³-hybridized carbons (Fsp3) is 0.409. The molecule has 3 rings (SSSR count). The Bertz CT molecular complexity index is 785. The first kappa shape index (κ1) is 18.3. The molecule has 0 saturated carbocycles.